The number of fused-ring (bicyclic) bond motifs is 1. The Kier molecular flexibility index (Phi) is 4.58. The van der Waals surface area contributed by atoms with Crippen LogP contribution in [-0.4, -0.2) is 62.0 Å². The lowest BCUT2D eigenvalue weighted by atomic mass is 10.0. The van der Waals surface area contributed by atoms with E-state index in [2.05, 4.69) is 0 Å². The SMILES string of the molecule is CCOC[C@@H]1CC[C@@H]2[C@@H]1OCCN2C(=O)[C@@H]1CCCO1. The first-order valence-corrected chi connectivity index (χ1v) is 7.92. The predicted octanol–water partition coefficient (Wildman–Crippen LogP) is 1.21. The highest BCUT2D eigenvalue weighted by Gasteiger charge is 2.45. The number of carbonyl (C=O) groups excluding carboxylic acids is 1. The number of carbonyl (C=O) groups is 1. The number of hydrogen-bond donors (Lipinski definition) is 0. The highest BCUT2D eigenvalue weighted by Crippen LogP contribution is 2.35. The van der Waals surface area contributed by atoms with Crippen LogP contribution in [0.15, 0.2) is 0 Å². The van der Waals surface area contributed by atoms with Gasteiger partial charge in [0, 0.05) is 25.7 Å². The van der Waals surface area contributed by atoms with Gasteiger partial charge in [0.05, 0.1) is 25.4 Å². The normalized spacial score (nSPS) is 37.1. The fourth-order valence-electron chi connectivity index (χ4n) is 3.74. The molecule has 0 bridgehead atoms. The summed E-state index contributed by atoms with van der Waals surface area (Å²) in [6.45, 7) is 5.58. The van der Waals surface area contributed by atoms with Crippen LogP contribution >= 0.6 is 0 Å². The number of rotatable bonds is 4. The van der Waals surface area contributed by atoms with Gasteiger partial charge in [0.15, 0.2) is 0 Å². The molecule has 0 aromatic heterocycles. The molecule has 3 aliphatic rings. The molecule has 0 unspecified atom stereocenters. The summed E-state index contributed by atoms with van der Waals surface area (Å²) in [5.41, 5.74) is 0. The number of amides is 1. The van der Waals surface area contributed by atoms with Crippen LogP contribution in [0, 0.1) is 5.92 Å². The maximum atomic E-state index is 12.6. The monoisotopic (exact) mass is 283 g/mol. The topological polar surface area (TPSA) is 48.0 Å². The van der Waals surface area contributed by atoms with Gasteiger partial charge < -0.3 is 19.1 Å². The Hall–Kier alpha value is -0.650. The van der Waals surface area contributed by atoms with Crippen molar-refractivity contribution in [2.75, 3.05) is 33.0 Å². The lowest BCUT2D eigenvalue weighted by molar-refractivity contribution is -0.156. The first-order valence-electron chi connectivity index (χ1n) is 7.92. The summed E-state index contributed by atoms with van der Waals surface area (Å²) in [5.74, 6) is 0.609. The first-order chi connectivity index (χ1) is 9.81. The van der Waals surface area contributed by atoms with Gasteiger partial charge in [0.2, 0.25) is 0 Å². The van der Waals surface area contributed by atoms with Crippen LogP contribution in [0.1, 0.15) is 32.6 Å². The van der Waals surface area contributed by atoms with Crippen LogP contribution in [-0.2, 0) is 19.0 Å². The van der Waals surface area contributed by atoms with Gasteiger partial charge in [0.25, 0.3) is 5.91 Å². The van der Waals surface area contributed by atoms with E-state index in [1.54, 1.807) is 0 Å². The van der Waals surface area contributed by atoms with E-state index < -0.39 is 0 Å². The molecule has 1 saturated carbocycles. The summed E-state index contributed by atoms with van der Waals surface area (Å²) in [6, 6.07) is 0.228. The van der Waals surface area contributed by atoms with Crippen LogP contribution < -0.4 is 0 Å². The summed E-state index contributed by atoms with van der Waals surface area (Å²) in [6.07, 6.45) is 3.93. The highest BCUT2D eigenvalue weighted by atomic mass is 16.5. The smallest absolute Gasteiger partial charge is 0.252 e. The van der Waals surface area contributed by atoms with Crippen molar-refractivity contribution in [1.29, 1.82) is 0 Å². The molecule has 5 heteroatoms. The number of ether oxygens (including phenoxy) is 3. The van der Waals surface area contributed by atoms with Crippen molar-refractivity contribution in [2.24, 2.45) is 5.92 Å². The molecule has 3 fully saturated rings. The fourth-order valence-corrected chi connectivity index (χ4v) is 3.74. The Labute approximate surface area is 120 Å². The minimum Gasteiger partial charge on any atom is -0.381 e. The van der Waals surface area contributed by atoms with Gasteiger partial charge in [0.1, 0.15) is 6.10 Å². The second-order valence-electron chi connectivity index (χ2n) is 5.93. The third kappa shape index (κ3) is 2.71. The Morgan fingerprint density at radius 2 is 2.15 bits per heavy atom. The first kappa shape index (κ1) is 14.3. The fraction of sp³-hybridized carbons (Fsp3) is 0.933. The van der Waals surface area contributed by atoms with Crippen molar-refractivity contribution < 1.29 is 19.0 Å². The zero-order valence-corrected chi connectivity index (χ0v) is 12.3. The second-order valence-corrected chi connectivity index (χ2v) is 5.93. The molecule has 4 atom stereocenters. The Morgan fingerprint density at radius 1 is 1.25 bits per heavy atom. The Balaban J connectivity index is 1.63. The van der Waals surface area contributed by atoms with E-state index in [0.717, 1.165) is 45.5 Å². The minimum atomic E-state index is -0.209. The van der Waals surface area contributed by atoms with Gasteiger partial charge in [-0.2, -0.15) is 0 Å². The van der Waals surface area contributed by atoms with Crippen LogP contribution in [0.5, 0.6) is 0 Å². The summed E-state index contributed by atoms with van der Waals surface area (Å²) < 4.78 is 17.0. The largest absolute Gasteiger partial charge is 0.381 e. The molecule has 2 saturated heterocycles. The van der Waals surface area contributed by atoms with Crippen molar-refractivity contribution >= 4 is 5.91 Å². The van der Waals surface area contributed by atoms with Crippen LogP contribution in [0.25, 0.3) is 0 Å². The lowest BCUT2D eigenvalue weighted by Crippen LogP contribution is -2.55. The van der Waals surface area contributed by atoms with E-state index in [4.69, 9.17) is 14.2 Å². The summed E-state index contributed by atoms with van der Waals surface area (Å²) in [7, 11) is 0. The second kappa shape index (κ2) is 6.41. The van der Waals surface area contributed by atoms with Gasteiger partial charge in [-0.3, -0.25) is 4.79 Å². The third-order valence-corrected chi connectivity index (χ3v) is 4.74. The molecule has 0 radical (unpaired) electrons. The van der Waals surface area contributed by atoms with Gasteiger partial charge in [-0.05, 0) is 32.6 Å². The van der Waals surface area contributed by atoms with Crippen molar-refractivity contribution in [2.45, 2.75) is 50.9 Å². The van der Waals surface area contributed by atoms with Crippen molar-refractivity contribution in [3.05, 3.63) is 0 Å². The quantitative estimate of drug-likeness (QED) is 0.778. The van der Waals surface area contributed by atoms with E-state index in [-0.39, 0.29) is 24.2 Å². The summed E-state index contributed by atoms with van der Waals surface area (Å²) >= 11 is 0. The van der Waals surface area contributed by atoms with E-state index in [1.807, 2.05) is 11.8 Å². The molecule has 1 aliphatic carbocycles. The summed E-state index contributed by atoms with van der Waals surface area (Å²) in [4.78, 5) is 14.6. The van der Waals surface area contributed by atoms with E-state index in [9.17, 15) is 4.79 Å². The molecule has 0 aromatic rings. The number of hydrogen-bond acceptors (Lipinski definition) is 4. The van der Waals surface area contributed by atoms with Gasteiger partial charge >= 0.3 is 0 Å². The van der Waals surface area contributed by atoms with Crippen molar-refractivity contribution in [3.8, 4) is 0 Å². The molecule has 2 aliphatic heterocycles. The van der Waals surface area contributed by atoms with Crippen molar-refractivity contribution in [3.63, 3.8) is 0 Å². The van der Waals surface area contributed by atoms with E-state index in [1.165, 1.54) is 0 Å². The lowest BCUT2D eigenvalue weighted by Gasteiger charge is -2.40. The average Bonchev–Trinajstić information content (AvgIpc) is 3.13. The zero-order valence-electron chi connectivity index (χ0n) is 12.3. The molecule has 0 N–H and O–H groups in total. The van der Waals surface area contributed by atoms with E-state index in [0.29, 0.717) is 19.1 Å². The maximum absolute atomic E-state index is 12.6. The summed E-state index contributed by atoms with van der Waals surface area (Å²) in [5, 5.41) is 0. The highest BCUT2D eigenvalue weighted by molar-refractivity contribution is 5.81. The molecular weight excluding hydrogens is 258 g/mol. The number of nitrogens with zero attached hydrogens (tertiary/aromatic N) is 1. The maximum Gasteiger partial charge on any atom is 0.252 e. The Bertz CT molecular complexity index is 343. The standard InChI is InChI=1S/C15H25NO4/c1-2-18-10-11-5-6-12-14(11)20-9-7-16(12)15(17)13-4-3-8-19-13/h11-14H,2-10H2,1H3/t11-,12+,13-,14+/m0/s1. The molecule has 114 valence electrons. The predicted molar refractivity (Wildman–Crippen MR) is 73.4 cm³/mol. The van der Waals surface area contributed by atoms with Gasteiger partial charge in [-0.1, -0.05) is 0 Å². The molecular formula is C15H25NO4. The molecule has 0 spiro atoms. The average molecular weight is 283 g/mol. The minimum absolute atomic E-state index is 0.153. The van der Waals surface area contributed by atoms with Crippen LogP contribution in [0.4, 0.5) is 0 Å². The molecule has 1 amide bonds. The van der Waals surface area contributed by atoms with Crippen molar-refractivity contribution in [1.82, 2.24) is 4.90 Å². The van der Waals surface area contributed by atoms with Crippen LogP contribution in [0.2, 0.25) is 0 Å². The third-order valence-electron chi connectivity index (χ3n) is 4.74. The molecule has 0 aromatic carbocycles. The van der Waals surface area contributed by atoms with Gasteiger partial charge in [-0.15, -0.1) is 0 Å². The Morgan fingerprint density at radius 3 is 2.90 bits per heavy atom. The molecule has 3 rings (SSSR count). The van der Waals surface area contributed by atoms with Crippen LogP contribution in [0.3, 0.4) is 0 Å². The van der Waals surface area contributed by atoms with Gasteiger partial charge in [-0.25, -0.2) is 0 Å². The van der Waals surface area contributed by atoms with E-state index >= 15 is 0 Å². The molecule has 20 heavy (non-hydrogen) atoms. The molecule has 2 heterocycles. The zero-order chi connectivity index (χ0) is 13.9. The molecule has 5 nitrogen and oxygen atoms in total. The number of morpholine rings is 1.